The first-order valence-electron chi connectivity index (χ1n) is 11.1. The van der Waals surface area contributed by atoms with E-state index in [4.69, 9.17) is 9.47 Å². The lowest BCUT2D eigenvalue weighted by Gasteiger charge is -2.46. The van der Waals surface area contributed by atoms with Crippen molar-refractivity contribution in [2.45, 2.75) is 56.3 Å². The molecule has 1 saturated heterocycles. The highest BCUT2D eigenvalue weighted by Gasteiger charge is 2.43. The number of aliphatic hydroxyl groups is 2. The van der Waals surface area contributed by atoms with Crippen LogP contribution in [0.3, 0.4) is 0 Å². The third-order valence-corrected chi connectivity index (χ3v) is 7.18. The van der Waals surface area contributed by atoms with Gasteiger partial charge < -0.3 is 24.6 Å². The summed E-state index contributed by atoms with van der Waals surface area (Å²) in [7, 11) is 1.64. The normalized spacial score (nSPS) is 23.5. The van der Waals surface area contributed by atoms with Gasteiger partial charge in [-0.1, -0.05) is 18.2 Å². The number of rotatable bonds is 4. The Bertz CT molecular complexity index is 919. The highest BCUT2D eigenvalue weighted by atomic mass is 16.5. The van der Waals surface area contributed by atoms with Crippen LogP contribution in [0.1, 0.15) is 60.1 Å². The molecule has 0 radical (unpaired) electrons. The average Bonchev–Trinajstić information content (AvgIpc) is 3.23. The predicted molar refractivity (Wildman–Crippen MR) is 115 cm³/mol. The van der Waals surface area contributed by atoms with Gasteiger partial charge in [-0.25, -0.2) is 0 Å². The van der Waals surface area contributed by atoms with Gasteiger partial charge in [-0.05, 0) is 60.9 Å². The Morgan fingerprint density at radius 3 is 2.73 bits per heavy atom. The van der Waals surface area contributed by atoms with Gasteiger partial charge >= 0.3 is 0 Å². The number of benzene rings is 2. The number of nitrogens with zero attached hydrogens (tertiary/aromatic N) is 1. The van der Waals surface area contributed by atoms with Crippen LogP contribution in [0.25, 0.3) is 0 Å². The van der Waals surface area contributed by atoms with Gasteiger partial charge in [0.1, 0.15) is 17.1 Å². The molecule has 2 N–H and O–H groups in total. The zero-order valence-electron chi connectivity index (χ0n) is 17.6. The van der Waals surface area contributed by atoms with E-state index in [2.05, 4.69) is 23.1 Å². The Morgan fingerprint density at radius 1 is 1.13 bits per heavy atom. The highest BCUT2D eigenvalue weighted by Crippen LogP contribution is 2.45. The molecule has 0 saturated carbocycles. The maximum atomic E-state index is 10.8. The molecule has 1 aliphatic carbocycles. The minimum atomic E-state index is -0.511. The van der Waals surface area contributed by atoms with Gasteiger partial charge in [0.05, 0.1) is 19.3 Å². The number of aliphatic hydroxyl groups excluding tert-OH is 2. The molecule has 0 aromatic heterocycles. The molecule has 0 amide bonds. The minimum Gasteiger partial charge on any atom is -0.497 e. The zero-order chi connectivity index (χ0) is 20.7. The molecule has 2 aromatic carbocycles. The van der Waals surface area contributed by atoms with E-state index in [0.717, 1.165) is 55.0 Å². The average molecular weight is 410 g/mol. The number of fused-ring (bicyclic) bond motifs is 2. The van der Waals surface area contributed by atoms with Crippen LogP contribution in [0.15, 0.2) is 36.4 Å². The summed E-state index contributed by atoms with van der Waals surface area (Å²) in [6.07, 6.45) is 4.86. The van der Waals surface area contributed by atoms with Gasteiger partial charge in [0.25, 0.3) is 0 Å². The molecular weight excluding hydrogens is 378 g/mol. The van der Waals surface area contributed by atoms with Crippen molar-refractivity contribution in [2.24, 2.45) is 0 Å². The second kappa shape index (κ2) is 7.88. The monoisotopic (exact) mass is 409 g/mol. The number of aryl methyl sites for hydroxylation is 2. The summed E-state index contributed by atoms with van der Waals surface area (Å²) in [6, 6.07) is 12.1. The van der Waals surface area contributed by atoms with Crippen LogP contribution >= 0.6 is 0 Å². The fraction of sp³-hybridized carbons (Fsp3) is 0.520. The van der Waals surface area contributed by atoms with Crippen molar-refractivity contribution in [2.75, 3.05) is 26.7 Å². The first-order valence-corrected chi connectivity index (χ1v) is 11.1. The first kappa shape index (κ1) is 19.9. The Balaban J connectivity index is 1.23. The van der Waals surface area contributed by atoms with Gasteiger partial charge in [-0.2, -0.15) is 0 Å². The number of likely N-dealkylation sites (tertiary alicyclic amines) is 1. The second-order valence-corrected chi connectivity index (χ2v) is 9.11. The first-order chi connectivity index (χ1) is 14.5. The SMILES string of the molecule is COc1ccc2c(c1)OC1(CCN(C[C@H](O)c3ccc4c(c3)CCC4)CC1)C[C@H]2O. The van der Waals surface area contributed by atoms with Crippen LogP contribution in [0.5, 0.6) is 11.5 Å². The van der Waals surface area contributed by atoms with Gasteiger partial charge in [-0.3, -0.25) is 0 Å². The molecule has 5 heteroatoms. The summed E-state index contributed by atoms with van der Waals surface area (Å²) in [6.45, 7) is 2.35. The highest BCUT2D eigenvalue weighted by molar-refractivity contribution is 5.44. The molecule has 160 valence electrons. The predicted octanol–water partition coefficient (Wildman–Crippen LogP) is 3.57. The van der Waals surface area contributed by atoms with Crippen LogP contribution in [-0.2, 0) is 12.8 Å². The van der Waals surface area contributed by atoms with Crippen molar-refractivity contribution < 1.29 is 19.7 Å². The maximum Gasteiger partial charge on any atom is 0.129 e. The summed E-state index contributed by atoms with van der Waals surface area (Å²) in [4.78, 5) is 2.32. The van der Waals surface area contributed by atoms with E-state index < -0.39 is 12.2 Å². The number of methoxy groups -OCH3 is 1. The Morgan fingerprint density at radius 2 is 1.93 bits per heavy atom. The Labute approximate surface area is 178 Å². The van der Waals surface area contributed by atoms with Crippen molar-refractivity contribution in [3.63, 3.8) is 0 Å². The van der Waals surface area contributed by atoms with Crippen LogP contribution in [0.2, 0.25) is 0 Å². The lowest BCUT2D eigenvalue weighted by Crippen LogP contribution is -2.51. The largest absolute Gasteiger partial charge is 0.497 e. The number of β-amino-alcohol motifs (C(OH)–C–C–N with tert-alkyl or cyclic N) is 1. The van der Waals surface area contributed by atoms with Crippen LogP contribution in [0, 0.1) is 0 Å². The molecular formula is C25H31NO4. The van der Waals surface area contributed by atoms with Crippen molar-refractivity contribution in [1.82, 2.24) is 4.90 Å². The quantitative estimate of drug-likeness (QED) is 0.808. The van der Waals surface area contributed by atoms with E-state index >= 15 is 0 Å². The number of hydrogen-bond acceptors (Lipinski definition) is 5. The van der Waals surface area contributed by atoms with E-state index in [0.29, 0.717) is 13.0 Å². The van der Waals surface area contributed by atoms with Crippen LogP contribution in [0.4, 0.5) is 0 Å². The zero-order valence-corrected chi connectivity index (χ0v) is 17.6. The maximum absolute atomic E-state index is 10.8. The van der Waals surface area contributed by atoms with Crippen LogP contribution < -0.4 is 9.47 Å². The number of hydrogen-bond donors (Lipinski definition) is 2. The lowest BCUT2D eigenvalue weighted by molar-refractivity contribution is -0.0588. The molecule has 5 nitrogen and oxygen atoms in total. The standard InChI is InChI=1S/C25H31NO4/c1-29-20-7-8-21-22(27)15-25(30-24(21)14-20)9-11-26(12-10-25)16-23(28)19-6-5-17-3-2-4-18(17)13-19/h5-8,13-14,22-23,27-28H,2-4,9-12,15-16H2,1H3/t22-,23+/m1/s1. The van der Waals surface area contributed by atoms with Gasteiger partial charge in [0, 0.05) is 37.7 Å². The fourth-order valence-electron chi connectivity index (χ4n) is 5.34. The summed E-state index contributed by atoms with van der Waals surface area (Å²) >= 11 is 0. The van der Waals surface area contributed by atoms with Crippen molar-refractivity contribution in [3.8, 4) is 11.5 Å². The van der Waals surface area contributed by atoms with Crippen molar-refractivity contribution in [3.05, 3.63) is 58.7 Å². The van der Waals surface area contributed by atoms with Crippen LogP contribution in [-0.4, -0.2) is 47.5 Å². The van der Waals surface area contributed by atoms with Crippen molar-refractivity contribution >= 4 is 0 Å². The number of piperidine rings is 1. The Kier molecular flexibility index (Phi) is 5.21. The molecule has 2 aromatic rings. The lowest BCUT2D eigenvalue weighted by atomic mass is 9.81. The minimum absolute atomic E-state index is 0.339. The third kappa shape index (κ3) is 3.70. The molecule has 1 fully saturated rings. The molecule has 2 heterocycles. The molecule has 2 atom stereocenters. The molecule has 2 aliphatic heterocycles. The van der Waals surface area contributed by atoms with Crippen molar-refractivity contribution in [1.29, 1.82) is 0 Å². The second-order valence-electron chi connectivity index (χ2n) is 9.11. The Hall–Kier alpha value is -2.08. The number of ether oxygens (including phenoxy) is 2. The van der Waals surface area contributed by atoms with E-state index in [1.54, 1.807) is 7.11 Å². The fourth-order valence-corrected chi connectivity index (χ4v) is 5.34. The van der Waals surface area contributed by atoms with E-state index in [1.165, 1.54) is 24.0 Å². The van der Waals surface area contributed by atoms with E-state index in [-0.39, 0.29) is 5.60 Å². The summed E-state index contributed by atoms with van der Waals surface area (Å²) < 4.78 is 11.8. The van der Waals surface area contributed by atoms with E-state index in [1.807, 2.05) is 18.2 Å². The smallest absolute Gasteiger partial charge is 0.129 e. The molecule has 5 rings (SSSR count). The summed E-state index contributed by atoms with van der Waals surface area (Å²) in [5.41, 5.74) is 4.38. The summed E-state index contributed by atoms with van der Waals surface area (Å²) in [5, 5.41) is 21.5. The third-order valence-electron chi connectivity index (χ3n) is 7.18. The van der Waals surface area contributed by atoms with Gasteiger partial charge in [-0.15, -0.1) is 0 Å². The molecule has 0 bridgehead atoms. The molecule has 30 heavy (non-hydrogen) atoms. The topological polar surface area (TPSA) is 62.2 Å². The molecule has 1 spiro atoms. The van der Waals surface area contributed by atoms with Gasteiger partial charge in [0.15, 0.2) is 0 Å². The van der Waals surface area contributed by atoms with E-state index in [9.17, 15) is 10.2 Å². The summed E-state index contributed by atoms with van der Waals surface area (Å²) in [5.74, 6) is 1.48. The van der Waals surface area contributed by atoms with Gasteiger partial charge in [0.2, 0.25) is 0 Å². The molecule has 0 unspecified atom stereocenters. The molecule has 3 aliphatic rings.